The normalized spacial score (nSPS) is 10.9. The molecule has 1 N–H and O–H groups in total. The molecule has 0 aliphatic rings. The lowest BCUT2D eigenvalue weighted by molar-refractivity contribution is 0.0691. The highest BCUT2D eigenvalue weighted by Gasteiger charge is 2.13. The number of aromatic nitrogens is 2. The highest BCUT2D eigenvalue weighted by atomic mass is 35.5. The molecule has 0 spiro atoms. The van der Waals surface area contributed by atoms with Crippen LogP contribution in [0, 0.1) is 0 Å². The van der Waals surface area contributed by atoms with Gasteiger partial charge < -0.3 is 14.4 Å². The summed E-state index contributed by atoms with van der Waals surface area (Å²) in [6.07, 6.45) is 1.83. The lowest BCUT2D eigenvalue weighted by Crippen LogP contribution is -2.04. The molecule has 2 heterocycles. The summed E-state index contributed by atoms with van der Waals surface area (Å²) in [5, 5.41) is 9.04. The third-order valence-corrected chi connectivity index (χ3v) is 2.73. The van der Waals surface area contributed by atoms with E-state index in [0.717, 1.165) is 5.52 Å². The minimum Gasteiger partial charge on any atom is -0.476 e. The molecule has 0 unspecified atom stereocenters. The van der Waals surface area contributed by atoms with E-state index in [-0.39, 0.29) is 10.7 Å². The van der Waals surface area contributed by atoms with Crippen molar-refractivity contribution in [3.05, 3.63) is 29.0 Å². The highest BCUT2D eigenvalue weighted by molar-refractivity contribution is 6.33. The van der Waals surface area contributed by atoms with Gasteiger partial charge in [0.25, 0.3) is 0 Å². The van der Waals surface area contributed by atoms with Crippen LogP contribution in [0.2, 0.25) is 5.02 Å². The molecule has 90 valence electrons. The maximum atomic E-state index is 10.9. The molecule has 6 heteroatoms. The van der Waals surface area contributed by atoms with E-state index in [2.05, 4.69) is 4.98 Å². The Bertz CT molecular complexity index is 565. The second kappa shape index (κ2) is 4.73. The number of methoxy groups -OCH3 is 1. The molecule has 0 aliphatic heterocycles. The fourth-order valence-corrected chi connectivity index (χ4v) is 1.85. The molecule has 0 saturated carbocycles. The Kier molecular flexibility index (Phi) is 3.31. The Morgan fingerprint density at radius 1 is 1.65 bits per heavy atom. The summed E-state index contributed by atoms with van der Waals surface area (Å²) in [6, 6.07) is 3.37. The molecule has 0 bridgehead atoms. The lowest BCUT2D eigenvalue weighted by atomic mass is 10.3. The number of carboxylic acid groups (broad SMARTS) is 1. The van der Waals surface area contributed by atoms with E-state index >= 15 is 0 Å². The molecule has 0 amide bonds. The van der Waals surface area contributed by atoms with Gasteiger partial charge in [-0.3, -0.25) is 0 Å². The van der Waals surface area contributed by atoms with Gasteiger partial charge in [-0.25, -0.2) is 9.78 Å². The second-order valence-electron chi connectivity index (χ2n) is 3.53. The fourth-order valence-electron chi connectivity index (χ4n) is 1.62. The Morgan fingerprint density at radius 3 is 3.06 bits per heavy atom. The van der Waals surface area contributed by atoms with Crippen molar-refractivity contribution in [2.24, 2.45) is 0 Å². The summed E-state index contributed by atoms with van der Waals surface area (Å²) in [4.78, 5) is 14.9. The zero-order chi connectivity index (χ0) is 12.4. The fraction of sp³-hybridized carbons (Fsp3) is 0.273. The van der Waals surface area contributed by atoms with Crippen molar-refractivity contribution in [3.8, 4) is 0 Å². The molecular formula is C11H11ClN2O3. The molecule has 17 heavy (non-hydrogen) atoms. The Balaban J connectivity index is 2.48. The van der Waals surface area contributed by atoms with E-state index in [1.165, 1.54) is 0 Å². The predicted molar refractivity (Wildman–Crippen MR) is 63.6 cm³/mol. The molecule has 0 aliphatic carbocycles. The summed E-state index contributed by atoms with van der Waals surface area (Å²) in [5.74, 6) is -1.12. The third-order valence-electron chi connectivity index (χ3n) is 2.45. The van der Waals surface area contributed by atoms with Crippen LogP contribution in [-0.4, -0.2) is 34.3 Å². The van der Waals surface area contributed by atoms with E-state index in [4.69, 9.17) is 21.4 Å². The van der Waals surface area contributed by atoms with Crippen molar-refractivity contribution >= 4 is 28.6 Å². The van der Waals surface area contributed by atoms with Gasteiger partial charge in [-0.1, -0.05) is 11.6 Å². The van der Waals surface area contributed by atoms with Crippen LogP contribution in [0.15, 0.2) is 18.3 Å². The highest BCUT2D eigenvalue weighted by Crippen LogP contribution is 2.22. The summed E-state index contributed by atoms with van der Waals surface area (Å²) >= 11 is 5.87. The van der Waals surface area contributed by atoms with Crippen molar-refractivity contribution in [2.45, 2.75) is 6.54 Å². The molecule has 0 aromatic carbocycles. The topological polar surface area (TPSA) is 64.4 Å². The quantitative estimate of drug-likeness (QED) is 0.907. The van der Waals surface area contributed by atoms with Crippen LogP contribution in [0.1, 0.15) is 10.5 Å². The van der Waals surface area contributed by atoms with Gasteiger partial charge in [0, 0.05) is 19.9 Å². The van der Waals surface area contributed by atoms with Crippen molar-refractivity contribution in [1.82, 2.24) is 9.55 Å². The van der Waals surface area contributed by atoms with Gasteiger partial charge in [0.1, 0.15) is 0 Å². The number of carboxylic acids is 1. The van der Waals surface area contributed by atoms with Crippen molar-refractivity contribution in [1.29, 1.82) is 0 Å². The van der Waals surface area contributed by atoms with Crippen LogP contribution in [0.4, 0.5) is 0 Å². The summed E-state index contributed by atoms with van der Waals surface area (Å²) in [5.41, 5.74) is 1.30. The molecule has 0 atom stereocenters. The summed E-state index contributed by atoms with van der Waals surface area (Å²) in [7, 11) is 1.62. The van der Waals surface area contributed by atoms with Gasteiger partial charge in [-0.05, 0) is 12.1 Å². The maximum Gasteiger partial charge on any atom is 0.356 e. The zero-order valence-electron chi connectivity index (χ0n) is 9.18. The van der Waals surface area contributed by atoms with Gasteiger partial charge in [-0.2, -0.15) is 0 Å². The smallest absolute Gasteiger partial charge is 0.356 e. The minimum atomic E-state index is -1.12. The van der Waals surface area contributed by atoms with Gasteiger partial charge in [0.2, 0.25) is 0 Å². The first-order chi connectivity index (χ1) is 8.13. The van der Waals surface area contributed by atoms with Crippen molar-refractivity contribution < 1.29 is 14.6 Å². The van der Waals surface area contributed by atoms with E-state index in [1.54, 1.807) is 19.2 Å². The second-order valence-corrected chi connectivity index (χ2v) is 3.94. The SMILES string of the molecule is COCCn1ccc2nc(C(=O)O)c(Cl)cc21. The van der Waals surface area contributed by atoms with Crippen LogP contribution in [-0.2, 0) is 11.3 Å². The molecule has 0 radical (unpaired) electrons. The minimum absolute atomic E-state index is 0.122. The average Bonchev–Trinajstić information content (AvgIpc) is 2.67. The first kappa shape index (κ1) is 11.9. The zero-order valence-corrected chi connectivity index (χ0v) is 9.94. The number of halogens is 1. The monoisotopic (exact) mass is 254 g/mol. The molecule has 2 aromatic heterocycles. The van der Waals surface area contributed by atoms with E-state index in [1.807, 2.05) is 10.8 Å². The van der Waals surface area contributed by atoms with Crippen molar-refractivity contribution in [2.75, 3.05) is 13.7 Å². The number of aromatic carboxylic acids is 1. The maximum absolute atomic E-state index is 10.9. The summed E-state index contributed by atoms with van der Waals surface area (Å²) < 4.78 is 6.91. The van der Waals surface area contributed by atoms with Crippen LogP contribution >= 0.6 is 11.6 Å². The number of fused-ring (bicyclic) bond motifs is 1. The van der Waals surface area contributed by atoms with Gasteiger partial charge in [0.05, 0.1) is 22.7 Å². The molecular weight excluding hydrogens is 244 g/mol. The first-order valence-electron chi connectivity index (χ1n) is 5.01. The lowest BCUT2D eigenvalue weighted by Gasteiger charge is -2.05. The number of hydrogen-bond donors (Lipinski definition) is 1. The standard InChI is InChI=1S/C11H11ClN2O3/c1-17-5-4-14-3-2-8-9(14)6-7(12)10(13-8)11(15)16/h2-3,6H,4-5H2,1H3,(H,15,16). The van der Waals surface area contributed by atoms with Crippen LogP contribution in [0.5, 0.6) is 0 Å². The Hall–Kier alpha value is -1.59. The van der Waals surface area contributed by atoms with E-state index in [9.17, 15) is 4.79 Å². The first-order valence-corrected chi connectivity index (χ1v) is 5.39. The van der Waals surface area contributed by atoms with Gasteiger partial charge >= 0.3 is 5.97 Å². The van der Waals surface area contributed by atoms with Crippen LogP contribution in [0.3, 0.4) is 0 Å². The third kappa shape index (κ3) is 2.25. The van der Waals surface area contributed by atoms with E-state index in [0.29, 0.717) is 18.7 Å². The number of carbonyl (C=O) groups is 1. The molecule has 0 fully saturated rings. The van der Waals surface area contributed by atoms with E-state index < -0.39 is 5.97 Å². The van der Waals surface area contributed by atoms with Crippen molar-refractivity contribution in [3.63, 3.8) is 0 Å². The number of ether oxygens (including phenoxy) is 1. The Morgan fingerprint density at radius 2 is 2.41 bits per heavy atom. The molecule has 2 aromatic rings. The number of nitrogens with zero attached hydrogens (tertiary/aromatic N) is 2. The van der Waals surface area contributed by atoms with Gasteiger partial charge in [0.15, 0.2) is 5.69 Å². The molecule has 5 nitrogen and oxygen atoms in total. The van der Waals surface area contributed by atoms with Gasteiger partial charge in [-0.15, -0.1) is 0 Å². The predicted octanol–water partition coefficient (Wildman–Crippen LogP) is 2.03. The molecule has 0 saturated heterocycles. The van der Waals surface area contributed by atoms with Crippen LogP contribution in [0.25, 0.3) is 11.0 Å². The largest absolute Gasteiger partial charge is 0.476 e. The number of pyridine rings is 1. The summed E-state index contributed by atoms with van der Waals surface area (Å²) in [6.45, 7) is 1.24. The number of hydrogen-bond acceptors (Lipinski definition) is 3. The number of rotatable bonds is 4. The van der Waals surface area contributed by atoms with Crippen LogP contribution < -0.4 is 0 Å². The Labute approximate surface area is 103 Å². The average molecular weight is 255 g/mol. The molecule has 2 rings (SSSR count).